The molecule has 0 aliphatic rings. The number of thioether (sulfide) groups is 1. The van der Waals surface area contributed by atoms with Crippen molar-refractivity contribution in [2.75, 3.05) is 5.75 Å². The molecule has 1 N–H and O–H groups in total. The van der Waals surface area contributed by atoms with Gasteiger partial charge in [-0.2, -0.15) is 0 Å². The third-order valence-electron chi connectivity index (χ3n) is 5.34. The number of hydrogen-bond donors (Lipinski definition) is 1. The van der Waals surface area contributed by atoms with Crippen LogP contribution >= 0.6 is 11.8 Å². The highest BCUT2D eigenvalue weighted by Crippen LogP contribution is 2.26. The van der Waals surface area contributed by atoms with Gasteiger partial charge in [0.2, 0.25) is 5.91 Å². The van der Waals surface area contributed by atoms with Gasteiger partial charge in [0, 0.05) is 31.0 Å². The molecule has 4 rings (SSSR count). The second-order valence-corrected chi connectivity index (χ2v) is 8.50. The zero-order chi connectivity index (χ0) is 23.4. The Kier molecular flexibility index (Phi) is 6.88. The fourth-order valence-electron chi connectivity index (χ4n) is 3.57. The van der Waals surface area contributed by atoms with E-state index in [-0.39, 0.29) is 24.0 Å². The van der Waals surface area contributed by atoms with Crippen molar-refractivity contribution >= 4 is 17.7 Å². The number of benzene rings is 2. The molecule has 4 aromatic rings. The number of aryl methyl sites for hydroxylation is 2. The van der Waals surface area contributed by atoms with Crippen molar-refractivity contribution in [2.24, 2.45) is 0 Å². The number of imidazole rings is 1. The smallest absolute Gasteiger partial charge is 0.230 e. The second kappa shape index (κ2) is 9.99. The van der Waals surface area contributed by atoms with Crippen LogP contribution in [0.15, 0.2) is 60.0 Å². The summed E-state index contributed by atoms with van der Waals surface area (Å²) < 4.78 is 18.2. The molecule has 0 saturated carbocycles. The predicted molar refractivity (Wildman–Crippen MR) is 127 cm³/mol. The molecule has 33 heavy (non-hydrogen) atoms. The van der Waals surface area contributed by atoms with Gasteiger partial charge in [0.1, 0.15) is 11.6 Å². The molecule has 2 heterocycles. The van der Waals surface area contributed by atoms with Crippen LogP contribution < -0.4 is 5.32 Å². The Bertz CT molecular complexity index is 1280. The molecular formula is C24H25FN6OS. The van der Waals surface area contributed by atoms with Gasteiger partial charge in [-0.15, -0.1) is 10.2 Å². The van der Waals surface area contributed by atoms with E-state index >= 15 is 0 Å². The fraction of sp³-hybridized carbons (Fsp3) is 0.250. The van der Waals surface area contributed by atoms with Crippen LogP contribution in [-0.2, 0) is 17.9 Å². The van der Waals surface area contributed by atoms with Gasteiger partial charge in [0.05, 0.1) is 11.4 Å². The summed E-state index contributed by atoms with van der Waals surface area (Å²) in [5, 5.41) is 12.2. The van der Waals surface area contributed by atoms with Crippen molar-refractivity contribution in [1.82, 2.24) is 29.6 Å². The number of aromatic nitrogens is 5. The molecule has 2 aromatic heterocycles. The largest absolute Gasteiger partial charge is 0.351 e. The molecule has 2 aromatic carbocycles. The van der Waals surface area contributed by atoms with Crippen molar-refractivity contribution in [3.05, 3.63) is 77.6 Å². The van der Waals surface area contributed by atoms with Crippen LogP contribution in [0.5, 0.6) is 0 Å². The minimum Gasteiger partial charge on any atom is -0.351 e. The third-order valence-corrected chi connectivity index (χ3v) is 6.31. The van der Waals surface area contributed by atoms with Crippen LogP contribution in [0.25, 0.3) is 17.1 Å². The molecule has 1 amide bonds. The minimum atomic E-state index is -0.364. The molecule has 0 unspecified atom stereocenters. The molecule has 0 saturated heterocycles. The summed E-state index contributed by atoms with van der Waals surface area (Å²) in [7, 11) is 0. The van der Waals surface area contributed by atoms with Crippen molar-refractivity contribution in [3.8, 4) is 17.1 Å². The van der Waals surface area contributed by atoms with Crippen LogP contribution in [0.2, 0.25) is 0 Å². The molecule has 9 heteroatoms. The van der Waals surface area contributed by atoms with E-state index in [4.69, 9.17) is 0 Å². The highest BCUT2D eigenvalue weighted by Gasteiger charge is 2.16. The lowest BCUT2D eigenvalue weighted by Crippen LogP contribution is -2.24. The molecule has 0 radical (unpaired) electrons. The van der Waals surface area contributed by atoms with Crippen molar-refractivity contribution in [1.29, 1.82) is 0 Å². The SMILES string of the molecule is CCn1c(SCC(=O)NCc2ccc(-n3ccnc3C)c(F)c2)nnc1-c1ccccc1C. The highest BCUT2D eigenvalue weighted by atomic mass is 32.2. The summed E-state index contributed by atoms with van der Waals surface area (Å²) >= 11 is 1.33. The summed E-state index contributed by atoms with van der Waals surface area (Å²) in [6.45, 7) is 6.82. The maximum absolute atomic E-state index is 14.6. The van der Waals surface area contributed by atoms with E-state index in [0.29, 0.717) is 28.8 Å². The van der Waals surface area contributed by atoms with Crippen molar-refractivity contribution < 1.29 is 9.18 Å². The van der Waals surface area contributed by atoms with E-state index in [1.807, 2.05) is 49.6 Å². The Morgan fingerprint density at radius 1 is 1.15 bits per heavy atom. The maximum atomic E-state index is 14.6. The van der Waals surface area contributed by atoms with Crippen LogP contribution in [0.1, 0.15) is 23.9 Å². The molecule has 0 aliphatic carbocycles. The third kappa shape index (κ3) is 4.98. The number of carbonyl (C=O) groups is 1. The molecule has 0 bridgehead atoms. The Balaban J connectivity index is 1.36. The molecule has 7 nitrogen and oxygen atoms in total. The fourth-order valence-corrected chi connectivity index (χ4v) is 4.41. The van der Waals surface area contributed by atoms with Gasteiger partial charge in [0.25, 0.3) is 0 Å². The number of hydrogen-bond acceptors (Lipinski definition) is 5. The first-order valence-corrected chi connectivity index (χ1v) is 11.6. The number of nitrogens with zero attached hydrogens (tertiary/aromatic N) is 5. The Labute approximate surface area is 196 Å². The Morgan fingerprint density at radius 2 is 1.97 bits per heavy atom. The average Bonchev–Trinajstić information content (AvgIpc) is 3.42. The standard InChI is InChI=1S/C24H25FN6OS/c1-4-30-23(19-8-6-5-7-16(19)2)28-29-24(30)33-15-22(32)27-14-18-9-10-21(20(25)13-18)31-12-11-26-17(31)3/h5-13H,4,14-15H2,1-3H3,(H,27,32). The molecule has 0 fully saturated rings. The van der Waals surface area contributed by atoms with Crippen LogP contribution in [-0.4, -0.2) is 36.0 Å². The number of halogens is 1. The first-order chi connectivity index (χ1) is 16.0. The van der Waals surface area contributed by atoms with E-state index in [2.05, 4.69) is 20.5 Å². The minimum absolute atomic E-state index is 0.155. The zero-order valence-corrected chi connectivity index (χ0v) is 19.6. The predicted octanol–water partition coefficient (Wildman–Crippen LogP) is 4.32. The van der Waals surface area contributed by atoms with E-state index < -0.39 is 0 Å². The van der Waals surface area contributed by atoms with Crippen molar-refractivity contribution in [3.63, 3.8) is 0 Å². The van der Waals surface area contributed by atoms with Gasteiger partial charge in [-0.05, 0) is 44.0 Å². The van der Waals surface area contributed by atoms with Gasteiger partial charge in [-0.25, -0.2) is 9.37 Å². The highest BCUT2D eigenvalue weighted by molar-refractivity contribution is 7.99. The van der Waals surface area contributed by atoms with Crippen molar-refractivity contribution in [2.45, 2.75) is 39.0 Å². The number of amides is 1. The first-order valence-electron chi connectivity index (χ1n) is 10.7. The first kappa shape index (κ1) is 22.7. The van der Waals surface area contributed by atoms with Gasteiger partial charge in [0.15, 0.2) is 11.0 Å². The molecule has 0 spiro atoms. The summed E-state index contributed by atoms with van der Waals surface area (Å²) in [6, 6.07) is 12.9. The normalized spacial score (nSPS) is 11.0. The van der Waals surface area contributed by atoms with E-state index in [1.54, 1.807) is 29.1 Å². The van der Waals surface area contributed by atoms with E-state index in [0.717, 1.165) is 17.0 Å². The second-order valence-electron chi connectivity index (χ2n) is 7.56. The van der Waals surface area contributed by atoms with E-state index in [1.165, 1.54) is 17.8 Å². The lowest BCUT2D eigenvalue weighted by atomic mass is 10.1. The summed E-state index contributed by atoms with van der Waals surface area (Å²) in [5.41, 5.74) is 3.26. The summed E-state index contributed by atoms with van der Waals surface area (Å²) in [5.74, 6) is 1.18. The van der Waals surface area contributed by atoms with Crippen LogP contribution in [0.3, 0.4) is 0 Å². The Hall–Kier alpha value is -3.46. The van der Waals surface area contributed by atoms with Gasteiger partial charge in [-0.3, -0.25) is 4.79 Å². The topological polar surface area (TPSA) is 77.6 Å². The average molecular weight is 465 g/mol. The number of carbonyl (C=O) groups excluding carboxylic acids is 1. The molecule has 0 atom stereocenters. The molecule has 0 aliphatic heterocycles. The quantitative estimate of drug-likeness (QED) is 0.393. The lowest BCUT2D eigenvalue weighted by Gasteiger charge is -2.10. The maximum Gasteiger partial charge on any atom is 0.230 e. The number of nitrogens with one attached hydrogen (secondary N) is 1. The molecule has 170 valence electrons. The molecular weight excluding hydrogens is 439 g/mol. The van der Waals surface area contributed by atoms with E-state index in [9.17, 15) is 9.18 Å². The number of rotatable bonds is 8. The van der Waals surface area contributed by atoms with Gasteiger partial charge in [-0.1, -0.05) is 42.1 Å². The van der Waals surface area contributed by atoms with Crippen LogP contribution in [0.4, 0.5) is 4.39 Å². The summed E-state index contributed by atoms with van der Waals surface area (Å²) in [4.78, 5) is 16.5. The van der Waals surface area contributed by atoms with Gasteiger partial charge < -0.3 is 14.5 Å². The monoisotopic (exact) mass is 464 g/mol. The van der Waals surface area contributed by atoms with Gasteiger partial charge >= 0.3 is 0 Å². The zero-order valence-electron chi connectivity index (χ0n) is 18.7. The van der Waals surface area contributed by atoms with Crippen LogP contribution in [0, 0.1) is 19.7 Å². The summed E-state index contributed by atoms with van der Waals surface area (Å²) in [6.07, 6.45) is 3.34. The lowest BCUT2D eigenvalue weighted by molar-refractivity contribution is -0.118. The Morgan fingerprint density at radius 3 is 2.67 bits per heavy atom.